The van der Waals surface area contributed by atoms with Crippen LogP contribution in [0.15, 0.2) is 78.4 Å². The summed E-state index contributed by atoms with van der Waals surface area (Å²) in [5, 5.41) is 6.55. The minimum absolute atomic E-state index is 0.128. The van der Waals surface area contributed by atoms with Crippen LogP contribution in [0.1, 0.15) is 36.2 Å². The summed E-state index contributed by atoms with van der Waals surface area (Å²) in [7, 11) is -4.15. The second kappa shape index (κ2) is 13.8. The average Bonchev–Trinajstić information content (AvgIpc) is 2.86. The molecule has 3 aromatic carbocycles. The molecule has 0 fully saturated rings. The predicted octanol–water partition coefficient (Wildman–Crippen LogP) is 6.43. The van der Waals surface area contributed by atoms with Gasteiger partial charge >= 0.3 is 0 Å². The van der Waals surface area contributed by atoms with Gasteiger partial charge in [0.05, 0.1) is 5.75 Å². The van der Waals surface area contributed by atoms with Crippen molar-refractivity contribution < 1.29 is 22.6 Å². The molecule has 10 heteroatoms. The highest BCUT2D eigenvalue weighted by Crippen LogP contribution is 2.31. The van der Waals surface area contributed by atoms with E-state index >= 15 is 0 Å². The highest BCUT2D eigenvalue weighted by molar-refractivity contribution is 7.85. The summed E-state index contributed by atoms with van der Waals surface area (Å²) in [6, 6.07) is 19.5. The lowest BCUT2D eigenvalue weighted by Gasteiger charge is -2.17. The quantitative estimate of drug-likeness (QED) is 0.176. The van der Waals surface area contributed by atoms with Crippen molar-refractivity contribution in [1.29, 1.82) is 0 Å². The molecule has 0 radical (unpaired) electrons. The van der Waals surface area contributed by atoms with Crippen molar-refractivity contribution in [2.75, 3.05) is 17.6 Å². The summed E-state index contributed by atoms with van der Waals surface area (Å²) in [6.45, 7) is 3.76. The van der Waals surface area contributed by atoms with Crippen LogP contribution < -0.4 is 10.6 Å². The third-order valence-electron chi connectivity index (χ3n) is 5.92. The van der Waals surface area contributed by atoms with Crippen molar-refractivity contribution in [3.63, 3.8) is 0 Å². The van der Waals surface area contributed by atoms with E-state index in [0.717, 1.165) is 22.3 Å². The van der Waals surface area contributed by atoms with Crippen LogP contribution in [0.3, 0.4) is 0 Å². The first kappa shape index (κ1) is 30.4. The number of carbonyl (C=O) groups is 2. The molecule has 0 saturated heterocycles. The van der Waals surface area contributed by atoms with Crippen molar-refractivity contribution >= 4 is 50.8 Å². The summed E-state index contributed by atoms with van der Waals surface area (Å²) in [4.78, 5) is 25.5. The number of halogens is 2. The van der Waals surface area contributed by atoms with Gasteiger partial charge in [-0.1, -0.05) is 65.2 Å². The van der Waals surface area contributed by atoms with E-state index in [1.807, 2.05) is 50.3 Å². The summed E-state index contributed by atoms with van der Waals surface area (Å²) in [5.41, 5.74) is 4.73. The lowest BCUT2D eigenvalue weighted by atomic mass is 9.93. The summed E-state index contributed by atoms with van der Waals surface area (Å²) >= 11 is 12.3. The fraction of sp³-hybridized carbons (Fsp3) is 0.241. The Labute approximate surface area is 239 Å². The van der Waals surface area contributed by atoms with E-state index in [9.17, 15) is 18.0 Å². The molecule has 7 nitrogen and oxygen atoms in total. The lowest BCUT2D eigenvalue weighted by Crippen LogP contribution is -2.29. The number of hydrogen-bond donors (Lipinski definition) is 3. The molecule has 0 saturated carbocycles. The van der Waals surface area contributed by atoms with Crippen LogP contribution in [0.5, 0.6) is 0 Å². The Bertz CT molecular complexity index is 1450. The zero-order valence-corrected chi connectivity index (χ0v) is 23.9. The molecule has 1 atom stereocenters. The molecule has 0 aliphatic rings. The fourth-order valence-electron chi connectivity index (χ4n) is 3.83. The maximum Gasteiger partial charge on any atom is 0.266 e. The van der Waals surface area contributed by atoms with Crippen LogP contribution in [0.2, 0.25) is 10.0 Å². The number of allylic oxidation sites excluding steroid dienone is 2. The summed E-state index contributed by atoms with van der Waals surface area (Å²) < 4.78 is 30.4. The van der Waals surface area contributed by atoms with Gasteiger partial charge in [-0.25, -0.2) is 0 Å². The maximum atomic E-state index is 13.2. The molecule has 3 aromatic rings. The first-order valence-electron chi connectivity index (χ1n) is 12.2. The molecule has 39 heavy (non-hydrogen) atoms. The van der Waals surface area contributed by atoms with Crippen molar-refractivity contribution in [3.05, 3.63) is 99.6 Å². The topological polar surface area (TPSA) is 113 Å². The smallest absolute Gasteiger partial charge is 0.266 e. The summed E-state index contributed by atoms with van der Waals surface area (Å²) in [5.74, 6) is -1.49. The van der Waals surface area contributed by atoms with Gasteiger partial charge in [0, 0.05) is 39.3 Å². The standard InChI is InChI=1S/C29H30Cl2N2O5S/c1-19(2)3-6-23(17-20-4-7-22(8-5-20)28(34)32-15-16-39(36,37)38)29(35)33-25-12-9-21(10-13-25)26-14-11-24(30)18-27(26)31/h3-5,7-14,18,23H,6,15-17H2,1-2H3,(H,32,34)(H,33,35)(H,36,37,38). The molecule has 3 N–H and O–H groups in total. The van der Waals surface area contributed by atoms with Gasteiger partial charge < -0.3 is 10.6 Å². The van der Waals surface area contributed by atoms with Gasteiger partial charge in [-0.15, -0.1) is 0 Å². The zero-order valence-electron chi connectivity index (χ0n) is 21.6. The first-order valence-corrected chi connectivity index (χ1v) is 14.6. The number of anilines is 1. The van der Waals surface area contributed by atoms with Gasteiger partial charge in [0.15, 0.2) is 0 Å². The van der Waals surface area contributed by atoms with Crippen molar-refractivity contribution in [1.82, 2.24) is 5.32 Å². The van der Waals surface area contributed by atoms with Crippen LogP contribution in [-0.2, 0) is 21.3 Å². The fourth-order valence-corrected chi connectivity index (χ4v) is 4.71. The van der Waals surface area contributed by atoms with E-state index in [-0.39, 0.29) is 18.4 Å². The third kappa shape index (κ3) is 9.82. The van der Waals surface area contributed by atoms with Crippen molar-refractivity contribution in [3.8, 4) is 11.1 Å². The molecular weight excluding hydrogens is 559 g/mol. The van der Waals surface area contributed by atoms with E-state index in [0.29, 0.717) is 34.1 Å². The van der Waals surface area contributed by atoms with Gasteiger partial charge in [0.2, 0.25) is 5.91 Å². The summed E-state index contributed by atoms with van der Waals surface area (Å²) in [6.07, 6.45) is 3.02. The third-order valence-corrected chi connectivity index (χ3v) is 7.19. The molecule has 0 bridgehead atoms. The zero-order chi connectivity index (χ0) is 28.6. The molecule has 0 aliphatic carbocycles. The monoisotopic (exact) mass is 588 g/mol. The van der Waals surface area contributed by atoms with Gasteiger partial charge in [0.1, 0.15) is 0 Å². The highest BCUT2D eigenvalue weighted by atomic mass is 35.5. The second-order valence-corrected chi connectivity index (χ2v) is 11.8. The van der Waals surface area contributed by atoms with Gasteiger partial charge in [-0.3, -0.25) is 14.1 Å². The number of amides is 2. The molecule has 206 valence electrons. The van der Waals surface area contributed by atoms with Crippen LogP contribution in [0.25, 0.3) is 11.1 Å². The molecule has 1 unspecified atom stereocenters. The highest BCUT2D eigenvalue weighted by Gasteiger charge is 2.19. The number of nitrogens with one attached hydrogen (secondary N) is 2. The number of hydrogen-bond acceptors (Lipinski definition) is 4. The normalized spacial score (nSPS) is 11.9. The number of rotatable bonds is 11. The van der Waals surface area contributed by atoms with Crippen molar-refractivity contribution in [2.24, 2.45) is 5.92 Å². The van der Waals surface area contributed by atoms with Crippen LogP contribution in [0.4, 0.5) is 5.69 Å². The Kier molecular flexibility index (Phi) is 10.7. The molecule has 0 aromatic heterocycles. The van der Waals surface area contributed by atoms with E-state index in [1.54, 1.807) is 36.4 Å². The van der Waals surface area contributed by atoms with Crippen molar-refractivity contribution in [2.45, 2.75) is 26.7 Å². The van der Waals surface area contributed by atoms with E-state index in [1.165, 1.54) is 0 Å². The first-order chi connectivity index (χ1) is 18.4. The number of benzene rings is 3. The lowest BCUT2D eigenvalue weighted by molar-refractivity contribution is -0.119. The molecule has 0 spiro atoms. The van der Waals surface area contributed by atoms with Crippen LogP contribution in [-0.4, -0.2) is 37.1 Å². The largest absolute Gasteiger partial charge is 0.351 e. The second-order valence-electron chi connectivity index (χ2n) is 9.35. The maximum absolute atomic E-state index is 13.2. The average molecular weight is 590 g/mol. The molecule has 3 rings (SSSR count). The van der Waals surface area contributed by atoms with Gasteiger partial charge in [-0.05, 0) is 74.2 Å². The SMILES string of the molecule is CC(C)=CCC(Cc1ccc(C(=O)NCCS(=O)(=O)O)cc1)C(=O)Nc1ccc(-c2ccc(Cl)cc2Cl)cc1. The Morgan fingerprint density at radius 2 is 1.64 bits per heavy atom. The number of carbonyl (C=O) groups excluding carboxylic acids is 2. The van der Waals surface area contributed by atoms with Gasteiger partial charge in [-0.2, -0.15) is 8.42 Å². The van der Waals surface area contributed by atoms with E-state index < -0.39 is 21.8 Å². The Morgan fingerprint density at radius 1 is 0.974 bits per heavy atom. The minimum atomic E-state index is -4.15. The minimum Gasteiger partial charge on any atom is -0.351 e. The van der Waals surface area contributed by atoms with E-state index in [2.05, 4.69) is 10.6 Å². The molecule has 0 aliphatic heterocycles. The molecular formula is C29H30Cl2N2O5S. The van der Waals surface area contributed by atoms with E-state index in [4.69, 9.17) is 27.8 Å². The Morgan fingerprint density at radius 3 is 2.23 bits per heavy atom. The Hall–Kier alpha value is -3.17. The molecule has 2 amide bonds. The van der Waals surface area contributed by atoms with Gasteiger partial charge in [0.25, 0.3) is 16.0 Å². The predicted molar refractivity (Wildman–Crippen MR) is 157 cm³/mol. The van der Waals surface area contributed by atoms with Crippen LogP contribution in [0, 0.1) is 5.92 Å². The molecule has 0 heterocycles. The Balaban J connectivity index is 1.67. The van der Waals surface area contributed by atoms with Crippen LogP contribution >= 0.6 is 23.2 Å².